The Kier molecular flexibility index (Phi) is 3.76. The fourth-order valence-corrected chi connectivity index (χ4v) is 1.97. The van der Waals surface area contributed by atoms with Crippen molar-refractivity contribution in [1.29, 1.82) is 0 Å². The third-order valence-electron chi connectivity index (χ3n) is 2.11. The Labute approximate surface area is 108 Å². The van der Waals surface area contributed by atoms with E-state index in [1.807, 2.05) is 19.1 Å². The molecular weight excluding hydrogens is 258 g/mol. The first-order chi connectivity index (χ1) is 8.15. The maximum absolute atomic E-state index is 11.6. The van der Waals surface area contributed by atoms with Crippen molar-refractivity contribution in [3.63, 3.8) is 0 Å². The van der Waals surface area contributed by atoms with Gasteiger partial charge in [0.1, 0.15) is 6.61 Å². The minimum Gasteiger partial charge on any atom is -0.456 e. The van der Waals surface area contributed by atoms with Gasteiger partial charge in [0.2, 0.25) is 0 Å². The molecule has 0 atom stereocenters. The molecule has 2 rings (SSSR count). The van der Waals surface area contributed by atoms with Gasteiger partial charge in [-0.15, -0.1) is 11.3 Å². The Morgan fingerprint density at radius 1 is 1.41 bits per heavy atom. The molecule has 5 heteroatoms. The van der Waals surface area contributed by atoms with Crippen molar-refractivity contribution < 1.29 is 9.53 Å². The molecule has 2 aromatic rings. The predicted molar refractivity (Wildman–Crippen MR) is 67.4 cm³/mol. The van der Waals surface area contributed by atoms with Gasteiger partial charge in [0.25, 0.3) is 0 Å². The lowest BCUT2D eigenvalue weighted by Gasteiger charge is -2.02. The molecule has 0 aliphatic rings. The number of benzene rings is 1. The summed E-state index contributed by atoms with van der Waals surface area (Å²) >= 11 is 7.18. The highest BCUT2D eigenvalue weighted by Gasteiger charge is 2.10. The number of aryl methyl sites for hydroxylation is 1. The zero-order chi connectivity index (χ0) is 12.3. The van der Waals surface area contributed by atoms with Crippen LogP contribution in [0.15, 0.2) is 29.6 Å². The first-order valence-electron chi connectivity index (χ1n) is 4.99. The molecular formula is C12H10ClNO2S. The molecule has 0 fully saturated rings. The highest BCUT2D eigenvalue weighted by atomic mass is 35.5. The zero-order valence-corrected chi connectivity index (χ0v) is 10.7. The second kappa shape index (κ2) is 5.29. The highest BCUT2D eigenvalue weighted by molar-refractivity contribution is 7.09. The van der Waals surface area contributed by atoms with Crippen molar-refractivity contribution in [2.45, 2.75) is 13.5 Å². The van der Waals surface area contributed by atoms with Gasteiger partial charge in [-0.3, -0.25) is 0 Å². The van der Waals surface area contributed by atoms with Gasteiger partial charge in [-0.2, -0.15) is 0 Å². The largest absolute Gasteiger partial charge is 0.456 e. The maximum Gasteiger partial charge on any atom is 0.358 e. The molecule has 17 heavy (non-hydrogen) atoms. The first kappa shape index (κ1) is 12.1. The lowest BCUT2D eigenvalue weighted by Crippen LogP contribution is -2.05. The number of nitrogens with zero attached hydrogens (tertiary/aromatic N) is 1. The van der Waals surface area contributed by atoms with Gasteiger partial charge in [-0.25, -0.2) is 9.78 Å². The molecule has 1 aromatic heterocycles. The number of carbonyl (C=O) groups excluding carboxylic acids is 1. The minimum absolute atomic E-state index is 0.229. The smallest absolute Gasteiger partial charge is 0.358 e. The van der Waals surface area contributed by atoms with Crippen LogP contribution < -0.4 is 0 Å². The third kappa shape index (κ3) is 3.28. The molecule has 0 saturated carbocycles. The fourth-order valence-electron chi connectivity index (χ4n) is 1.26. The monoisotopic (exact) mass is 267 g/mol. The Bertz CT molecular complexity index is 522. The third-order valence-corrected chi connectivity index (χ3v) is 3.14. The number of hydrogen-bond donors (Lipinski definition) is 0. The Morgan fingerprint density at radius 2 is 2.12 bits per heavy atom. The number of aromatic nitrogens is 1. The number of thiazole rings is 1. The number of esters is 1. The number of rotatable bonds is 3. The quantitative estimate of drug-likeness (QED) is 0.800. The highest BCUT2D eigenvalue weighted by Crippen LogP contribution is 2.12. The van der Waals surface area contributed by atoms with Gasteiger partial charge in [0.05, 0.1) is 5.01 Å². The summed E-state index contributed by atoms with van der Waals surface area (Å²) in [5.41, 5.74) is 1.26. The van der Waals surface area contributed by atoms with E-state index < -0.39 is 5.97 Å². The summed E-state index contributed by atoms with van der Waals surface area (Å²) in [5.74, 6) is -0.399. The summed E-state index contributed by atoms with van der Waals surface area (Å²) in [6.07, 6.45) is 0. The van der Waals surface area contributed by atoms with Crippen LogP contribution in [-0.4, -0.2) is 11.0 Å². The molecule has 3 nitrogen and oxygen atoms in total. The first-order valence-corrected chi connectivity index (χ1v) is 6.24. The molecule has 1 aromatic carbocycles. The summed E-state index contributed by atoms with van der Waals surface area (Å²) < 4.78 is 5.13. The molecule has 0 bridgehead atoms. The summed E-state index contributed by atoms with van der Waals surface area (Å²) in [6.45, 7) is 2.08. The van der Waals surface area contributed by atoms with Crippen molar-refractivity contribution in [2.24, 2.45) is 0 Å². The molecule has 0 unspecified atom stereocenters. The number of halogens is 1. The van der Waals surface area contributed by atoms with E-state index in [1.54, 1.807) is 17.5 Å². The summed E-state index contributed by atoms with van der Waals surface area (Å²) in [4.78, 5) is 15.7. The molecule has 0 aliphatic carbocycles. The lowest BCUT2D eigenvalue weighted by molar-refractivity contribution is 0.0466. The van der Waals surface area contributed by atoms with Crippen LogP contribution in [0.5, 0.6) is 0 Å². The van der Waals surface area contributed by atoms with E-state index in [2.05, 4.69) is 4.98 Å². The molecule has 0 spiro atoms. The predicted octanol–water partition coefficient (Wildman–Crippen LogP) is 3.46. The summed E-state index contributed by atoms with van der Waals surface area (Å²) in [5, 5.41) is 3.21. The molecule has 1 heterocycles. The maximum atomic E-state index is 11.6. The molecule has 0 amide bonds. The van der Waals surface area contributed by atoms with Crippen molar-refractivity contribution in [3.8, 4) is 0 Å². The molecule has 0 aliphatic heterocycles. The van der Waals surface area contributed by atoms with Crippen LogP contribution in [0, 0.1) is 6.92 Å². The lowest BCUT2D eigenvalue weighted by atomic mass is 10.2. The number of hydrogen-bond acceptors (Lipinski definition) is 4. The van der Waals surface area contributed by atoms with Crippen LogP contribution in [-0.2, 0) is 11.3 Å². The molecule has 88 valence electrons. The standard InChI is InChI=1S/C12H10ClNO2S/c1-8-14-11(7-17-8)12(15)16-6-9-2-4-10(13)5-3-9/h2-5,7H,6H2,1H3. The Morgan fingerprint density at radius 3 is 2.71 bits per heavy atom. The van der Waals surface area contributed by atoms with Gasteiger partial charge < -0.3 is 4.74 Å². The molecule has 0 radical (unpaired) electrons. The van der Waals surface area contributed by atoms with E-state index in [1.165, 1.54) is 11.3 Å². The van der Waals surface area contributed by atoms with Crippen LogP contribution in [0.3, 0.4) is 0 Å². The molecule has 0 saturated heterocycles. The van der Waals surface area contributed by atoms with Gasteiger partial charge in [0.15, 0.2) is 5.69 Å². The second-order valence-electron chi connectivity index (χ2n) is 3.45. The van der Waals surface area contributed by atoms with Crippen molar-refractivity contribution in [3.05, 3.63) is 50.9 Å². The van der Waals surface area contributed by atoms with E-state index in [0.29, 0.717) is 10.7 Å². The van der Waals surface area contributed by atoms with Gasteiger partial charge >= 0.3 is 5.97 Å². The van der Waals surface area contributed by atoms with Gasteiger partial charge in [-0.1, -0.05) is 23.7 Å². The van der Waals surface area contributed by atoms with Crippen LogP contribution in [0.4, 0.5) is 0 Å². The van der Waals surface area contributed by atoms with Crippen molar-refractivity contribution in [1.82, 2.24) is 4.98 Å². The second-order valence-corrected chi connectivity index (χ2v) is 4.95. The van der Waals surface area contributed by atoms with E-state index in [0.717, 1.165) is 10.6 Å². The number of carbonyl (C=O) groups is 1. The topological polar surface area (TPSA) is 39.2 Å². The van der Waals surface area contributed by atoms with Crippen LogP contribution in [0.1, 0.15) is 21.1 Å². The van der Waals surface area contributed by atoms with E-state index in [4.69, 9.17) is 16.3 Å². The molecule has 0 N–H and O–H groups in total. The Balaban J connectivity index is 1.94. The average Bonchev–Trinajstić information content (AvgIpc) is 2.75. The van der Waals surface area contributed by atoms with E-state index in [-0.39, 0.29) is 6.61 Å². The zero-order valence-electron chi connectivity index (χ0n) is 9.14. The Hall–Kier alpha value is -1.39. The fraction of sp³-hybridized carbons (Fsp3) is 0.167. The number of ether oxygens (including phenoxy) is 1. The van der Waals surface area contributed by atoms with Gasteiger partial charge in [0, 0.05) is 10.4 Å². The van der Waals surface area contributed by atoms with Gasteiger partial charge in [-0.05, 0) is 24.6 Å². The van der Waals surface area contributed by atoms with E-state index >= 15 is 0 Å². The normalized spacial score (nSPS) is 10.2. The SMILES string of the molecule is Cc1nc(C(=O)OCc2ccc(Cl)cc2)cs1. The minimum atomic E-state index is -0.399. The van der Waals surface area contributed by atoms with Crippen LogP contribution in [0.2, 0.25) is 5.02 Å². The van der Waals surface area contributed by atoms with Crippen LogP contribution in [0.25, 0.3) is 0 Å². The summed E-state index contributed by atoms with van der Waals surface area (Å²) in [7, 11) is 0. The van der Waals surface area contributed by atoms with Crippen LogP contribution >= 0.6 is 22.9 Å². The van der Waals surface area contributed by atoms with Crippen molar-refractivity contribution >= 4 is 28.9 Å². The van der Waals surface area contributed by atoms with Crippen molar-refractivity contribution in [2.75, 3.05) is 0 Å². The van der Waals surface area contributed by atoms with E-state index in [9.17, 15) is 4.79 Å². The summed E-state index contributed by atoms with van der Waals surface area (Å²) in [6, 6.07) is 7.17. The average molecular weight is 268 g/mol.